The maximum atomic E-state index is 5.63. The number of nitrogens with zero attached hydrogens (tertiary/aromatic N) is 2. The molecule has 0 saturated carbocycles. The first-order valence-corrected chi connectivity index (χ1v) is 9.61. The van der Waals surface area contributed by atoms with Crippen molar-refractivity contribution >= 4 is 11.5 Å². The molecule has 3 aromatic rings. The minimum atomic E-state index is -0.120. The van der Waals surface area contributed by atoms with Crippen molar-refractivity contribution in [2.45, 2.75) is 46.6 Å². The molecule has 0 aliphatic rings. The van der Waals surface area contributed by atoms with Crippen LogP contribution in [0.5, 0.6) is 11.5 Å². The van der Waals surface area contributed by atoms with Crippen LogP contribution in [0.3, 0.4) is 0 Å². The Hall–Kier alpha value is -2.69. The molecule has 5 heteroatoms. The van der Waals surface area contributed by atoms with E-state index in [2.05, 4.69) is 44.3 Å². The number of imidazole rings is 1. The van der Waals surface area contributed by atoms with E-state index in [1.54, 1.807) is 14.2 Å². The average molecular weight is 382 g/mol. The van der Waals surface area contributed by atoms with E-state index < -0.39 is 0 Å². The van der Waals surface area contributed by atoms with Gasteiger partial charge in [-0.3, -0.25) is 4.40 Å². The van der Waals surface area contributed by atoms with Gasteiger partial charge in [-0.2, -0.15) is 0 Å². The normalized spacial score (nSPS) is 12.2. The van der Waals surface area contributed by atoms with Crippen LogP contribution in [0.2, 0.25) is 0 Å². The van der Waals surface area contributed by atoms with Crippen molar-refractivity contribution in [3.63, 3.8) is 0 Å². The third kappa shape index (κ3) is 4.24. The van der Waals surface area contributed by atoms with Gasteiger partial charge in [0.25, 0.3) is 0 Å². The summed E-state index contributed by atoms with van der Waals surface area (Å²) < 4.78 is 13.2. The molecule has 0 aliphatic heterocycles. The van der Waals surface area contributed by atoms with Crippen molar-refractivity contribution in [3.05, 3.63) is 42.6 Å². The van der Waals surface area contributed by atoms with Gasteiger partial charge >= 0.3 is 0 Å². The molecule has 2 heterocycles. The van der Waals surface area contributed by atoms with Crippen LogP contribution in [0.1, 0.15) is 41.0 Å². The lowest BCUT2D eigenvalue weighted by Gasteiger charge is -2.34. The summed E-state index contributed by atoms with van der Waals surface area (Å²) in [6.07, 6.45) is 3.04. The number of rotatable bonds is 6. The minimum absolute atomic E-state index is 0.120. The summed E-state index contributed by atoms with van der Waals surface area (Å²) in [5, 5.41) is 3.76. The maximum absolute atomic E-state index is 5.63. The topological polar surface area (TPSA) is 47.8 Å². The van der Waals surface area contributed by atoms with Crippen LogP contribution in [-0.4, -0.2) is 29.1 Å². The number of methoxy groups -OCH3 is 2. The summed E-state index contributed by atoms with van der Waals surface area (Å²) in [4.78, 5) is 4.91. The third-order valence-corrected chi connectivity index (χ3v) is 4.62. The van der Waals surface area contributed by atoms with E-state index in [-0.39, 0.29) is 11.0 Å². The molecule has 2 aromatic heterocycles. The minimum Gasteiger partial charge on any atom is -0.497 e. The Morgan fingerprint density at radius 1 is 1.00 bits per heavy atom. The van der Waals surface area contributed by atoms with Crippen molar-refractivity contribution in [1.29, 1.82) is 0 Å². The first-order valence-electron chi connectivity index (χ1n) is 9.61. The summed E-state index contributed by atoms with van der Waals surface area (Å²) in [5.74, 6) is 2.49. The largest absolute Gasteiger partial charge is 0.497 e. The van der Waals surface area contributed by atoms with Gasteiger partial charge in [-0.25, -0.2) is 4.98 Å². The van der Waals surface area contributed by atoms with Gasteiger partial charge in [0.2, 0.25) is 0 Å². The van der Waals surface area contributed by atoms with Gasteiger partial charge < -0.3 is 14.8 Å². The molecule has 0 saturated heterocycles. The Morgan fingerprint density at radius 3 is 2.39 bits per heavy atom. The molecule has 1 aromatic carbocycles. The van der Waals surface area contributed by atoms with E-state index in [0.29, 0.717) is 0 Å². The smallest absolute Gasteiger partial charge is 0.139 e. The predicted molar refractivity (Wildman–Crippen MR) is 116 cm³/mol. The van der Waals surface area contributed by atoms with Gasteiger partial charge in [-0.1, -0.05) is 26.8 Å². The SMILES string of the molecule is COc1ccc(OC)c(-c2nc3ccccn3c2NC(C)(C)CC(C)(C)C)c1. The van der Waals surface area contributed by atoms with Crippen molar-refractivity contribution < 1.29 is 9.47 Å². The first-order chi connectivity index (χ1) is 13.1. The van der Waals surface area contributed by atoms with E-state index >= 15 is 0 Å². The summed E-state index contributed by atoms with van der Waals surface area (Å²) in [6, 6.07) is 11.8. The van der Waals surface area contributed by atoms with E-state index in [1.807, 2.05) is 42.6 Å². The van der Waals surface area contributed by atoms with Gasteiger partial charge in [0.15, 0.2) is 0 Å². The summed E-state index contributed by atoms with van der Waals surface area (Å²) in [7, 11) is 3.35. The standard InChI is InChI=1S/C23H31N3O2/c1-22(2,3)15-23(4,5)25-21-20(24-19-10-8-9-13-26(19)21)17-14-16(27-6)11-12-18(17)28-7/h8-14,25H,15H2,1-7H3. The Morgan fingerprint density at radius 2 is 1.75 bits per heavy atom. The number of benzene rings is 1. The molecule has 28 heavy (non-hydrogen) atoms. The van der Waals surface area contributed by atoms with Crippen molar-refractivity contribution in [3.8, 4) is 22.8 Å². The Balaban J connectivity index is 2.18. The van der Waals surface area contributed by atoms with Crippen LogP contribution in [0.25, 0.3) is 16.9 Å². The predicted octanol–water partition coefficient (Wildman–Crippen LogP) is 5.65. The van der Waals surface area contributed by atoms with Gasteiger partial charge in [0, 0.05) is 17.3 Å². The van der Waals surface area contributed by atoms with E-state index in [9.17, 15) is 0 Å². The average Bonchev–Trinajstić information content (AvgIpc) is 2.97. The number of aromatic nitrogens is 2. The molecule has 0 amide bonds. The zero-order valence-electron chi connectivity index (χ0n) is 18.0. The molecule has 1 N–H and O–H groups in total. The molecule has 3 rings (SSSR count). The molecule has 0 bridgehead atoms. The number of hydrogen-bond donors (Lipinski definition) is 1. The van der Waals surface area contributed by atoms with Crippen molar-refractivity contribution in [1.82, 2.24) is 9.38 Å². The summed E-state index contributed by atoms with van der Waals surface area (Å²) >= 11 is 0. The number of anilines is 1. The van der Waals surface area contributed by atoms with Gasteiger partial charge in [-0.05, 0) is 56.0 Å². The van der Waals surface area contributed by atoms with E-state index in [4.69, 9.17) is 14.5 Å². The lowest BCUT2D eigenvalue weighted by molar-refractivity contribution is 0.302. The van der Waals surface area contributed by atoms with Crippen LogP contribution in [0.4, 0.5) is 5.82 Å². The Labute approximate surface area is 167 Å². The molecule has 0 spiro atoms. The van der Waals surface area contributed by atoms with Crippen molar-refractivity contribution in [2.75, 3.05) is 19.5 Å². The summed E-state index contributed by atoms with van der Waals surface area (Å²) in [6.45, 7) is 11.2. The fraction of sp³-hybridized carbons (Fsp3) is 0.435. The van der Waals surface area contributed by atoms with E-state index in [1.165, 1.54) is 0 Å². The number of nitrogens with one attached hydrogen (secondary N) is 1. The quantitative estimate of drug-likeness (QED) is 0.600. The summed E-state index contributed by atoms with van der Waals surface area (Å²) in [5.41, 5.74) is 2.72. The third-order valence-electron chi connectivity index (χ3n) is 4.62. The molecule has 0 unspecified atom stereocenters. The van der Waals surface area contributed by atoms with Crippen LogP contribution < -0.4 is 14.8 Å². The van der Waals surface area contributed by atoms with E-state index in [0.717, 1.165) is 40.6 Å². The second-order valence-electron chi connectivity index (χ2n) is 9.05. The van der Waals surface area contributed by atoms with Crippen LogP contribution in [-0.2, 0) is 0 Å². The molecule has 0 atom stereocenters. The van der Waals surface area contributed by atoms with Gasteiger partial charge in [0.05, 0.1) is 14.2 Å². The zero-order valence-corrected chi connectivity index (χ0v) is 18.0. The van der Waals surface area contributed by atoms with Crippen LogP contribution in [0, 0.1) is 5.41 Å². The fourth-order valence-corrected chi connectivity index (χ4v) is 3.99. The van der Waals surface area contributed by atoms with Crippen LogP contribution in [0.15, 0.2) is 42.6 Å². The second kappa shape index (κ2) is 7.38. The molecule has 0 fully saturated rings. The molecular weight excluding hydrogens is 350 g/mol. The number of ether oxygens (including phenoxy) is 2. The highest BCUT2D eigenvalue weighted by atomic mass is 16.5. The monoisotopic (exact) mass is 381 g/mol. The van der Waals surface area contributed by atoms with Crippen LogP contribution >= 0.6 is 0 Å². The number of fused-ring (bicyclic) bond motifs is 1. The van der Waals surface area contributed by atoms with Crippen molar-refractivity contribution in [2.24, 2.45) is 5.41 Å². The number of hydrogen-bond acceptors (Lipinski definition) is 4. The van der Waals surface area contributed by atoms with Gasteiger partial charge in [-0.15, -0.1) is 0 Å². The highest BCUT2D eigenvalue weighted by Crippen LogP contribution is 2.39. The highest BCUT2D eigenvalue weighted by Gasteiger charge is 2.28. The molecule has 5 nitrogen and oxygen atoms in total. The highest BCUT2D eigenvalue weighted by molar-refractivity contribution is 5.81. The molecule has 0 aliphatic carbocycles. The fourth-order valence-electron chi connectivity index (χ4n) is 3.99. The van der Waals surface area contributed by atoms with Gasteiger partial charge in [0.1, 0.15) is 28.7 Å². The second-order valence-corrected chi connectivity index (χ2v) is 9.05. The Kier molecular flexibility index (Phi) is 5.28. The molecule has 0 radical (unpaired) electrons. The number of pyridine rings is 1. The first kappa shape index (κ1) is 20.1. The lowest BCUT2D eigenvalue weighted by Crippen LogP contribution is -2.36. The molecule has 150 valence electrons. The zero-order chi connectivity index (χ0) is 20.5. The Bertz CT molecular complexity index is 968. The molecular formula is C23H31N3O2. The lowest BCUT2D eigenvalue weighted by atomic mass is 9.82. The maximum Gasteiger partial charge on any atom is 0.139 e.